The standard InChI is InChI=1S/C12H18O5S/c1-11(2)13-5-6(15-11)7-8-9(10(18)14-7)17-12(3,4)16-8/h6-9H,5H2,1-4H3. The molecule has 3 heterocycles. The van der Waals surface area contributed by atoms with E-state index in [4.69, 9.17) is 35.9 Å². The van der Waals surface area contributed by atoms with Gasteiger partial charge in [0.15, 0.2) is 28.8 Å². The summed E-state index contributed by atoms with van der Waals surface area (Å²) in [7, 11) is 0. The van der Waals surface area contributed by atoms with Gasteiger partial charge in [-0.25, -0.2) is 0 Å². The Bertz CT molecular complexity index is 381. The number of hydrogen-bond acceptors (Lipinski definition) is 6. The van der Waals surface area contributed by atoms with Gasteiger partial charge >= 0.3 is 0 Å². The summed E-state index contributed by atoms with van der Waals surface area (Å²) in [5.41, 5.74) is 0. The summed E-state index contributed by atoms with van der Waals surface area (Å²) in [4.78, 5) is 0. The molecule has 0 spiro atoms. The summed E-state index contributed by atoms with van der Waals surface area (Å²) in [5, 5.41) is 0.448. The largest absolute Gasteiger partial charge is 0.475 e. The van der Waals surface area contributed by atoms with Gasteiger partial charge in [-0.1, -0.05) is 0 Å². The van der Waals surface area contributed by atoms with E-state index in [1.54, 1.807) is 0 Å². The predicted molar refractivity (Wildman–Crippen MR) is 66.2 cm³/mol. The van der Waals surface area contributed by atoms with Crippen LogP contribution in [-0.2, 0) is 23.7 Å². The van der Waals surface area contributed by atoms with Crippen molar-refractivity contribution in [2.75, 3.05) is 6.61 Å². The van der Waals surface area contributed by atoms with Crippen molar-refractivity contribution in [1.29, 1.82) is 0 Å². The van der Waals surface area contributed by atoms with Crippen LogP contribution in [0, 0.1) is 0 Å². The van der Waals surface area contributed by atoms with E-state index in [1.807, 2.05) is 27.7 Å². The molecular weight excluding hydrogens is 256 g/mol. The van der Waals surface area contributed by atoms with Crippen LogP contribution in [0.25, 0.3) is 0 Å². The maximum absolute atomic E-state index is 5.87. The topological polar surface area (TPSA) is 46.2 Å². The van der Waals surface area contributed by atoms with E-state index in [2.05, 4.69) is 0 Å². The zero-order valence-electron chi connectivity index (χ0n) is 11.0. The third kappa shape index (κ3) is 2.06. The molecule has 0 aromatic rings. The monoisotopic (exact) mass is 274 g/mol. The van der Waals surface area contributed by atoms with Crippen LogP contribution in [0.5, 0.6) is 0 Å². The molecule has 4 unspecified atom stereocenters. The molecule has 0 aromatic carbocycles. The minimum Gasteiger partial charge on any atom is -0.475 e. The Morgan fingerprint density at radius 3 is 2.33 bits per heavy atom. The van der Waals surface area contributed by atoms with Gasteiger partial charge in [0.25, 0.3) is 0 Å². The molecule has 3 rings (SSSR count). The van der Waals surface area contributed by atoms with Crippen molar-refractivity contribution < 1.29 is 23.7 Å². The molecule has 0 aromatic heterocycles. The van der Waals surface area contributed by atoms with E-state index in [0.29, 0.717) is 11.7 Å². The maximum Gasteiger partial charge on any atom is 0.192 e. The Morgan fingerprint density at radius 1 is 1.00 bits per heavy atom. The van der Waals surface area contributed by atoms with Crippen molar-refractivity contribution in [3.8, 4) is 0 Å². The molecule has 3 aliphatic heterocycles. The summed E-state index contributed by atoms with van der Waals surface area (Å²) in [6.45, 7) is 8.00. The number of ether oxygens (including phenoxy) is 5. The normalized spacial score (nSPS) is 45.0. The highest BCUT2D eigenvalue weighted by Gasteiger charge is 2.57. The first-order valence-electron chi connectivity index (χ1n) is 6.15. The number of thiocarbonyl (C=S) groups is 1. The molecule has 3 aliphatic rings. The number of hydrogen-bond donors (Lipinski definition) is 0. The summed E-state index contributed by atoms with van der Waals surface area (Å²) < 4.78 is 28.7. The fraction of sp³-hybridized carbons (Fsp3) is 0.917. The lowest BCUT2D eigenvalue weighted by Crippen LogP contribution is -2.40. The van der Waals surface area contributed by atoms with Gasteiger partial charge in [-0.3, -0.25) is 0 Å². The van der Waals surface area contributed by atoms with Gasteiger partial charge < -0.3 is 23.7 Å². The zero-order valence-corrected chi connectivity index (χ0v) is 11.8. The van der Waals surface area contributed by atoms with E-state index in [0.717, 1.165) is 0 Å². The molecule has 0 radical (unpaired) electrons. The molecule has 0 amide bonds. The van der Waals surface area contributed by atoms with E-state index < -0.39 is 11.6 Å². The smallest absolute Gasteiger partial charge is 0.192 e. The minimum atomic E-state index is -0.629. The van der Waals surface area contributed by atoms with Crippen LogP contribution in [0.3, 0.4) is 0 Å². The number of rotatable bonds is 1. The Balaban J connectivity index is 1.77. The molecule has 0 bridgehead atoms. The minimum absolute atomic E-state index is 0.176. The van der Waals surface area contributed by atoms with E-state index in [1.165, 1.54) is 0 Å². The first kappa shape index (κ1) is 12.7. The third-order valence-electron chi connectivity index (χ3n) is 3.33. The fourth-order valence-corrected chi connectivity index (χ4v) is 2.94. The number of fused-ring (bicyclic) bond motifs is 1. The molecule has 0 N–H and O–H groups in total. The fourth-order valence-electron chi connectivity index (χ4n) is 2.64. The van der Waals surface area contributed by atoms with Crippen molar-refractivity contribution in [3.05, 3.63) is 0 Å². The van der Waals surface area contributed by atoms with E-state index in [9.17, 15) is 0 Å². The highest BCUT2D eigenvalue weighted by molar-refractivity contribution is 7.80. The lowest BCUT2D eigenvalue weighted by atomic mass is 10.1. The van der Waals surface area contributed by atoms with Gasteiger partial charge in [0.2, 0.25) is 0 Å². The first-order valence-corrected chi connectivity index (χ1v) is 6.56. The second-order valence-corrected chi connectivity index (χ2v) is 6.19. The van der Waals surface area contributed by atoms with Crippen LogP contribution in [0.2, 0.25) is 0 Å². The molecule has 4 atom stereocenters. The summed E-state index contributed by atoms with van der Waals surface area (Å²) in [6.07, 6.45) is -0.932. The summed E-state index contributed by atoms with van der Waals surface area (Å²) >= 11 is 5.21. The average molecular weight is 274 g/mol. The summed E-state index contributed by atoms with van der Waals surface area (Å²) in [6, 6.07) is 0. The molecule has 0 aliphatic carbocycles. The Hall–Kier alpha value is -0.270. The molecule has 6 heteroatoms. The van der Waals surface area contributed by atoms with Crippen LogP contribution in [-0.4, -0.2) is 47.6 Å². The Morgan fingerprint density at radius 2 is 1.72 bits per heavy atom. The zero-order chi connectivity index (χ0) is 13.1. The van der Waals surface area contributed by atoms with Crippen LogP contribution in [0.1, 0.15) is 27.7 Å². The van der Waals surface area contributed by atoms with Gasteiger partial charge in [-0.15, -0.1) is 0 Å². The first-order chi connectivity index (χ1) is 8.27. The molecule has 102 valence electrons. The van der Waals surface area contributed by atoms with Crippen molar-refractivity contribution in [1.82, 2.24) is 0 Å². The lowest BCUT2D eigenvalue weighted by molar-refractivity contribution is -0.179. The van der Waals surface area contributed by atoms with Crippen LogP contribution in [0.15, 0.2) is 0 Å². The second kappa shape index (κ2) is 3.86. The van der Waals surface area contributed by atoms with Crippen molar-refractivity contribution >= 4 is 17.3 Å². The predicted octanol–water partition coefficient (Wildman–Crippen LogP) is 1.38. The van der Waals surface area contributed by atoms with Crippen molar-refractivity contribution in [2.24, 2.45) is 0 Å². The highest BCUT2D eigenvalue weighted by Crippen LogP contribution is 2.40. The molecule has 0 saturated carbocycles. The SMILES string of the molecule is CC1(C)OCC(C2OC(=S)C3OC(C)(C)OC32)O1. The molecule has 5 nitrogen and oxygen atoms in total. The van der Waals surface area contributed by atoms with Crippen LogP contribution < -0.4 is 0 Å². The Labute approximate surface area is 112 Å². The molecule has 3 fully saturated rings. The van der Waals surface area contributed by atoms with Crippen LogP contribution in [0.4, 0.5) is 0 Å². The van der Waals surface area contributed by atoms with E-state index >= 15 is 0 Å². The van der Waals surface area contributed by atoms with Gasteiger partial charge in [0.1, 0.15) is 12.2 Å². The van der Waals surface area contributed by atoms with Crippen molar-refractivity contribution in [2.45, 2.75) is 63.7 Å². The van der Waals surface area contributed by atoms with Crippen molar-refractivity contribution in [3.63, 3.8) is 0 Å². The maximum atomic E-state index is 5.87. The average Bonchev–Trinajstić information content (AvgIpc) is 2.81. The summed E-state index contributed by atoms with van der Waals surface area (Å²) in [5.74, 6) is -1.21. The van der Waals surface area contributed by atoms with E-state index in [-0.39, 0.29) is 24.4 Å². The molecule has 18 heavy (non-hydrogen) atoms. The van der Waals surface area contributed by atoms with Gasteiger partial charge in [0.05, 0.1) is 6.61 Å². The van der Waals surface area contributed by atoms with Gasteiger partial charge in [0, 0.05) is 0 Å². The second-order valence-electron chi connectivity index (χ2n) is 5.79. The third-order valence-corrected chi connectivity index (χ3v) is 3.66. The molecule has 3 saturated heterocycles. The van der Waals surface area contributed by atoms with Crippen LogP contribution >= 0.6 is 12.2 Å². The quantitative estimate of drug-likeness (QED) is 0.673. The molecular formula is C12H18O5S. The van der Waals surface area contributed by atoms with Gasteiger partial charge in [-0.2, -0.15) is 0 Å². The highest BCUT2D eigenvalue weighted by atomic mass is 32.1. The lowest BCUT2D eigenvalue weighted by Gasteiger charge is -2.25. The Kier molecular flexibility index (Phi) is 2.74. The van der Waals surface area contributed by atoms with Gasteiger partial charge in [-0.05, 0) is 39.9 Å².